The number of aromatic nitrogens is 2. The molecule has 0 atom stereocenters. The van der Waals surface area contributed by atoms with Crippen LogP contribution in [0.15, 0.2) is 88.8 Å². The molecule has 232 valence electrons. The number of nitrogens with two attached hydrogens (primary N) is 1. The Morgan fingerprint density at radius 1 is 0.977 bits per heavy atom. The molecule has 3 aromatic carbocycles. The maximum absolute atomic E-state index is 13.8. The number of ether oxygens (including phenoxy) is 1. The highest BCUT2D eigenvalue weighted by atomic mass is 35.5. The monoisotopic (exact) mass is 656 g/mol. The van der Waals surface area contributed by atoms with E-state index in [1.807, 2.05) is 30.3 Å². The first-order chi connectivity index (χ1) is 21.2. The summed E-state index contributed by atoms with van der Waals surface area (Å²) >= 11 is 7.30. The number of nitrogens with one attached hydrogen (secondary N) is 1. The second-order valence-electron chi connectivity index (χ2n) is 9.44. The normalized spacial score (nSPS) is 11.3. The number of nitrogen functional groups attached to an aromatic ring is 1. The van der Waals surface area contributed by atoms with Crippen molar-refractivity contribution in [3.05, 3.63) is 111 Å². The van der Waals surface area contributed by atoms with Crippen LogP contribution in [0.25, 0.3) is 0 Å². The van der Waals surface area contributed by atoms with E-state index in [4.69, 9.17) is 31.1 Å². The lowest BCUT2D eigenvalue weighted by Crippen LogP contribution is -2.39. The smallest absolute Gasteiger partial charge is 0.335 e. The fourth-order valence-electron chi connectivity index (χ4n) is 4.27. The predicted octanol–water partition coefficient (Wildman–Crippen LogP) is 6.79. The zero-order valence-corrected chi connectivity index (χ0v) is 26.9. The Morgan fingerprint density at radius 2 is 1.64 bits per heavy atom. The van der Waals surface area contributed by atoms with E-state index >= 15 is 0 Å². The lowest BCUT2D eigenvalue weighted by Gasteiger charge is -2.23. The van der Waals surface area contributed by atoms with Gasteiger partial charge in [-0.25, -0.2) is 4.98 Å². The van der Waals surface area contributed by atoms with Crippen LogP contribution < -0.4 is 20.9 Å². The number of thioether (sulfide) groups is 1. The molecule has 0 saturated heterocycles. The number of halogens is 1. The van der Waals surface area contributed by atoms with Gasteiger partial charge in [-0.15, -0.1) is 0 Å². The van der Waals surface area contributed by atoms with Crippen LogP contribution in [0.3, 0.4) is 0 Å². The first-order valence-electron chi connectivity index (χ1n) is 13.9. The topological polar surface area (TPSA) is 137 Å². The standard InChI is InChI=1S/C31H34ClN4O6PS/c1-3-41-43(39,42-4-2)20-22-10-12-24(13-11-22)30(38)36(18-19-40-26-16-14-25(32)15-17-26)27-28(33)34-31(35-29(27)37)44-21-23-8-6-5-7-9-23/h5-17H,3-4,18-21H2,1-2H3,(H3,33,34,35,37). The minimum Gasteiger partial charge on any atom is -0.492 e. The molecule has 1 heterocycles. The maximum atomic E-state index is 13.8. The maximum Gasteiger partial charge on any atom is 0.335 e. The molecule has 0 spiro atoms. The molecular formula is C31H34ClN4O6PS. The summed E-state index contributed by atoms with van der Waals surface area (Å²) in [6.07, 6.45) is 0.0560. The molecule has 10 nitrogen and oxygen atoms in total. The third kappa shape index (κ3) is 9.20. The molecule has 1 amide bonds. The average Bonchev–Trinajstić information content (AvgIpc) is 3.00. The van der Waals surface area contributed by atoms with Gasteiger partial charge in [0.1, 0.15) is 12.4 Å². The van der Waals surface area contributed by atoms with Crippen LogP contribution in [-0.4, -0.2) is 42.2 Å². The quantitative estimate of drug-likeness (QED) is 0.0805. The molecule has 0 radical (unpaired) electrons. The van der Waals surface area contributed by atoms with Crippen molar-refractivity contribution in [3.63, 3.8) is 0 Å². The van der Waals surface area contributed by atoms with Crippen molar-refractivity contribution >= 4 is 48.4 Å². The fraction of sp³-hybridized carbons (Fsp3) is 0.258. The summed E-state index contributed by atoms with van der Waals surface area (Å²) in [5.41, 5.74) is 7.67. The first-order valence-corrected chi connectivity index (χ1v) is 17.0. The molecule has 4 rings (SSSR count). The van der Waals surface area contributed by atoms with Gasteiger partial charge in [0.25, 0.3) is 11.5 Å². The lowest BCUT2D eigenvalue weighted by atomic mass is 10.1. The van der Waals surface area contributed by atoms with E-state index in [0.717, 1.165) is 5.56 Å². The van der Waals surface area contributed by atoms with Crippen molar-refractivity contribution in [1.29, 1.82) is 0 Å². The Labute approximate surface area is 265 Å². The largest absolute Gasteiger partial charge is 0.492 e. The van der Waals surface area contributed by atoms with Crippen LogP contribution in [0, 0.1) is 0 Å². The number of benzene rings is 3. The fourth-order valence-corrected chi connectivity index (χ4v) is 6.92. The number of nitrogens with zero attached hydrogens (tertiary/aromatic N) is 2. The number of hydrogen-bond acceptors (Lipinski definition) is 9. The van der Waals surface area contributed by atoms with Crippen molar-refractivity contribution < 1.29 is 23.1 Å². The van der Waals surface area contributed by atoms with Gasteiger partial charge in [-0.1, -0.05) is 65.8 Å². The van der Waals surface area contributed by atoms with Gasteiger partial charge >= 0.3 is 7.60 Å². The number of rotatable bonds is 15. The van der Waals surface area contributed by atoms with Gasteiger partial charge in [-0.2, -0.15) is 0 Å². The molecule has 13 heteroatoms. The number of aromatic amines is 1. The Morgan fingerprint density at radius 3 is 2.25 bits per heavy atom. The van der Waals surface area contributed by atoms with Crippen molar-refractivity contribution in [3.8, 4) is 5.75 Å². The Hall–Kier alpha value is -3.60. The molecule has 44 heavy (non-hydrogen) atoms. The minimum atomic E-state index is -3.33. The SMILES string of the molecule is CCOP(=O)(Cc1ccc(C(=O)N(CCOc2ccc(Cl)cc2)c2c(N)nc(SCc3ccccc3)[nH]c2=O)cc1)OCC. The number of carbonyl (C=O) groups is 1. The Balaban J connectivity index is 1.58. The molecule has 0 aliphatic heterocycles. The van der Waals surface area contributed by atoms with E-state index in [9.17, 15) is 14.2 Å². The predicted molar refractivity (Wildman–Crippen MR) is 175 cm³/mol. The summed E-state index contributed by atoms with van der Waals surface area (Å²) < 4.78 is 29.6. The summed E-state index contributed by atoms with van der Waals surface area (Å²) in [7, 11) is -3.33. The molecule has 0 aliphatic rings. The zero-order chi connectivity index (χ0) is 31.5. The van der Waals surface area contributed by atoms with E-state index < -0.39 is 19.1 Å². The highest BCUT2D eigenvalue weighted by Gasteiger charge is 2.26. The number of H-pyrrole nitrogens is 1. The summed E-state index contributed by atoms with van der Waals surface area (Å²) in [5, 5.41) is 0.898. The highest BCUT2D eigenvalue weighted by Crippen LogP contribution is 2.51. The minimum absolute atomic E-state index is 0.00143. The van der Waals surface area contributed by atoms with E-state index in [1.54, 1.807) is 62.4 Å². The molecule has 4 aromatic rings. The summed E-state index contributed by atoms with van der Waals surface area (Å²) in [6, 6.07) is 23.1. The molecule has 1 aromatic heterocycles. The zero-order valence-electron chi connectivity index (χ0n) is 24.4. The number of hydrogen-bond donors (Lipinski definition) is 2. The van der Waals surface area contributed by atoms with Gasteiger partial charge in [0, 0.05) is 16.3 Å². The number of amides is 1. The van der Waals surface area contributed by atoms with Crippen molar-refractivity contribution in [2.24, 2.45) is 0 Å². The van der Waals surface area contributed by atoms with Crippen LogP contribution in [-0.2, 0) is 25.5 Å². The molecule has 3 N–H and O–H groups in total. The summed E-state index contributed by atoms with van der Waals surface area (Å²) in [4.78, 5) is 35.6. The van der Waals surface area contributed by atoms with Crippen molar-refractivity contribution in [2.45, 2.75) is 30.9 Å². The second kappa shape index (κ2) is 15.9. The second-order valence-corrected chi connectivity index (χ2v) is 12.9. The van der Waals surface area contributed by atoms with Gasteiger partial charge in [-0.05, 0) is 61.4 Å². The van der Waals surface area contributed by atoms with Crippen LogP contribution in [0.5, 0.6) is 5.75 Å². The summed E-state index contributed by atoms with van der Waals surface area (Å²) in [5.74, 6) is 0.547. The van der Waals surface area contributed by atoms with Gasteiger partial charge in [-0.3, -0.25) is 24.0 Å². The number of carbonyl (C=O) groups excluding carboxylic acids is 1. The third-order valence-electron chi connectivity index (χ3n) is 6.26. The first kappa shape index (κ1) is 33.3. The number of anilines is 2. The Bertz CT molecular complexity index is 1630. The third-order valence-corrected chi connectivity index (χ3v) is 9.51. The van der Waals surface area contributed by atoms with Crippen LogP contribution in [0.2, 0.25) is 5.02 Å². The van der Waals surface area contributed by atoms with Gasteiger partial charge < -0.3 is 19.5 Å². The lowest BCUT2D eigenvalue weighted by molar-refractivity contribution is 0.0982. The van der Waals surface area contributed by atoms with E-state index in [2.05, 4.69) is 9.97 Å². The highest BCUT2D eigenvalue weighted by molar-refractivity contribution is 7.98. The van der Waals surface area contributed by atoms with E-state index in [0.29, 0.717) is 27.2 Å². The molecule has 0 unspecified atom stereocenters. The van der Waals surface area contributed by atoms with E-state index in [-0.39, 0.29) is 49.6 Å². The van der Waals surface area contributed by atoms with Crippen LogP contribution in [0.1, 0.15) is 35.3 Å². The van der Waals surface area contributed by atoms with Crippen molar-refractivity contribution in [2.75, 3.05) is 37.0 Å². The van der Waals surface area contributed by atoms with Crippen LogP contribution in [0.4, 0.5) is 11.5 Å². The average molecular weight is 657 g/mol. The van der Waals surface area contributed by atoms with Crippen LogP contribution >= 0.6 is 31.0 Å². The summed E-state index contributed by atoms with van der Waals surface area (Å²) in [6.45, 7) is 4.03. The molecular weight excluding hydrogens is 623 g/mol. The molecule has 0 saturated carbocycles. The van der Waals surface area contributed by atoms with E-state index in [1.165, 1.54) is 16.7 Å². The van der Waals surface area contributed by atoms with Gasteiger partial charge in [0.2, 0.25) is 0 Å². The Kier molecular flexibility index (Phi) is 12.1. The molecule has 0 fully saturated rings. The molecule has 0 aliphatic carbocycles. The van der Waals surface area contributed by atoms with Gasteiger partial charge in [0.15, 0.2) is 16.7 Å². The molecule has 0 bridgehead atoms. The van der Waals surface area contributed by atoms with Crippen molar-refractivity contribution in [1.82, 2.24) is 9.97 Å². The van der Waals surface area contributed by atoms with Gasteiger partial charge in [0.05, 0.1) is 25.9 Å².